The highest BCUT2D eigenvalue weighted by molar-refractivity contribution is 6.58. The molecular weight excluding hydrogens is 255 g/mol. The van der Waals surface area contributed by atoms with Crippen LogP contribution in [0.2, 0.25) is 0 Å². The molecule has 0 aliphatic heterocycles. The molecule has 2 N–H and O–H groups in total. The molecule has 0 saturated heterocycles. The van der Waals surface area contributed by atoms with Crippen molar-refractivity contribution in [1.29, 1.82) is 0 Å². The highest BCUT2D eigenvalue weighted by Crippen LogP contribution is 2.12. The molecule has 2 aromatic rings. The summed E-state index contributed by atoms with van der Waals surface area (Å²) >= 11 is 0. The lowest BCUT2D eigenvalue weighted by Gasteiger charge is -2.08. The van der Waals surface area contributed by atoms with E-state index in [1.165, 1.54) is 0 Å². The van der Waals surface area contributed by atoms with Crippen LogP contribution < -0.4 is 10.2 Å². The predicted molar refractivity (Wildman–Crippen MR) is 77.8 cm³/mol. The Bertz CT molecular complexity index is 540. The third kappa shape index (κ3) is 3.62. The van der Waals surface area contributed by atoms with Crippen molar-refractivity contribution in [3.63, 3.8) is 0 Å². The van der Waals surface area contributed by atoms with E-state index >= 15 is 0 Å². The smallest absolute Gasteiger partial charge is 0.487 e. The summed E-state index contributed by atoms with van der Waals surface area (Å²) in [5.74, 6) is 0.674. The molecule has 1 aromatic carbocycles. The van der Waals surface area contributed by atoms with Crippen LogP contribution in [0.3, 0.4) is 0 Å². The van der Waals surface area contributed by atoms with Gasteiger partial charge in [-0.25, -0.2) is 0 Å². The molecule has 0 fully saturated rings. The van der Waals surface area contributed by atoms with E-state index < -0.39 is 7.12 Å². The maximum Gasteiger partial charge on any atom is 0.488 e. The summed E-state index contributed by atoms with van der Waals surface area (Å²) in [6, 6.07) is 8.99. The number of ether oxygens (including phenoxy) is 1. The lowest BCUT2D eigenvalue weighted by molar-refractivity contribution is 0.298. The van der Waals surface area contributed by atoms with E-state index in [9.17, 15) is 0 Å². The van der Waals surface area contributed by atoms with Crippen LogP contribution in [0.25, 0.3) is 0 Å². The van der Waals surface area contributed by atoms with E-state index in [2.05, 4.69) is 18.9 Å². The van der Waals surface area contributed by atoms with Gasteiger partial charge in [-0.2, -0.15) is 5.10 Å². The van der Waals surface area contributed by atoms with Gasteiger partial charge in [0, 0.05) is 12.2 Å². The van der Waals surface area contributed by atoms with Gasteiger partial charge in [0.25, 0.3) is 0 Å². The van der Waals surface area contributed by atoms with Crippen LogP contribution in [-0.2, 0) is 6.61 Å². The molecule has 106 valence electrons. The number of hydrogen-bond donors (Lipinski definition) is 2. The Morgan fingerprint density at radius 1 is 1.25 bits per heavy atom. The molecule has 6 heteroatoms. The largest absolute Gasteiger partial charge is 0.488 e. The first-order chi connectivity index (χ1) is 9.60. The summed E-state index contributed by atoms with van der Waals surface area (Å²) in [5, 5.41) is 22.5. The summed E-state index contributed by atoms with van der Waals surface area (Å²) in [6.45, 7) is 4.64. The molecule has 1 atom stereocenters. The van der Waals surface area contributed by atoms with Gasteiger partial charge >= 0.3 is 7.12 Å². The van der Waals surface area contributed by atoms with Crippen LogP contribution >= 0.6 is 0 Å². The quantitative estimate of drug-likeness (QED) is 0.774. The summed E-state index contributed by atoms with van der Waals surface area (Å²) in [5.41, 5.74) is 1.31. The van der Waals surface area contributed by atoms with Gasteiger partial charge in [0.05, 0.1) is 5.69 Å². The second kappa shape index (κ2) is 6.59. The zero-order valence-corrected chi connectivity index (χ0v) is 11.7. The van der Waals surface area contributed by atoms with Crippen LogP contribution in [0.15, 0.2) is 36.5 Å². The second-order valence-corrected chi connectivity index (χ2v) is 4.78. The van der Waals surface area contributed by atoms with Crippen molar-refractivity contribution in [2.45, 2.75) is 32.9 Å². The highest BCUT2D eigenvalue weighted by atomic mass is 16.5. The molecule has 0 spiro atoms. The maximum atomic E-state index is 9.00. The molecule has 0 bridgehead atoms. The molecule has 0 radical (unpaired) electrons. The average Bonchev–Trinajstić information content (AvgIpc) is 2.93. The van der Waals surface area contributed by atoms with E-state index in [4.69, 9.17) is 14.8 Å². The van der Waals surface area contributed by atoms with Crippen LogP contribution in [0, 0.1) is 0 Å². The SMILES string of the molecule is CCC(C)n1ccc(COc2ccc(B(O)O)cc2)n1. The van der Waals surface area contributed by atoms with Crippen molar-refractivity contribution in [3.05, 3.63) is 42.2 Å². The van der Waals surface area contributed by atoms with Crippen molar-refractivity contribution >= 4 is 12.6 Å². The molecule has 1 aromatic heterocycles. The normalized spacial score (nSPS) is 12.2. The standard InChI is InChI=1S/C14H19BN2O3/c1-3-11(2)17-9-8-13(16-17)10-20-14-6-4-12(5-7-14)15(18)19/h4-9,11,18-19H,3,10H2,1-2H3. The maximum absolute atomic E-state index is 9.00. The van der Waals surface area contributed by atoms with E-state index in [1.54, 1.807) is 24.3 Å². The Kier molecular flexibility index (Phi) is 4.81. The summed E-state index contributed by atoms with van der Waals surface area (Å²) in [7, 11) is -1.45. The zero-order valence-electron chi connectivity index (χ0n) is 11.7. The predicted octanol–water partition coefficient (Wildman–Crippen LogP) is 1.11. The van der Waals surface area contributed by atoms with Crippen LogP contribution in [-0.4, -0.2) is 26.9 Å². The fraction of sp³-hybridized carbons (Fsp3) is 0.357. The highest BCUT2D eigenvalue weighted by Gasteiger charge is 2.10. The monoisotopic (exact) mass is 274 g/mol. The van der Waals surface area contributed by atoms with Gasteiger partial charge in [-0.05, 0) is 37.0 Å². The molecule has 5 nitrogen and oxygen atoms in total. The molecule has 0 saturated carbocycles. The van der Waals surface area contributed by atoms with E-state index in [-0.39, 0.29) is 0 Å². The van der Waals surface area contributed by atoms with E-state index in [0.29, 0.717) is 23.9 Å². The van der Waals surface area contributed by atoms with Gasteiger partial charge in [-0.15, -0.1) is 0 Å². The Morgan fingerprint density at radius 2 is 1.95 bits per heavy atom. The number of rotatable bonds is 6. The minimum absolute atomic E-state index is 0.383. The van der Waals surface area contributed by atoms with Crippen molar-refractivity contribution < 1.29 is 14.8 Å². The summed E-state index contributed by atoms with van der Waals surface area (Å²) in [4.78, 5) is 0. The molecule has 1 heterocycles. The third-order valence-electron chi connectivity index (χ3n) is 3.27. The topological polar surface area (TPSA) is 67.5 Å². The van der Waals surface area contributed by atoms with Gasteiger partial charge in [-0.1, -0.05) is 19.1 Å². The lowest BCUT2D eigenvalue weighted by Crippen LogP contribution is -2.29. The lowest BCUT2D eigenvalue weighted by atomic mass is 9.80. The summed E-state index contributed by atoms with van der Waals surface area (Å²) in [6.07, 6.45) is 2.99. The average molecular weight is 274 g/mol. The number of hydrogen-bond acceptors (Lipinski definition) is 4. The van der Waals surface area contributed by atoms with Crippen molar-refractivity contribution in [2.24, 2.45) is 0 Å². The van der Waals surface area contributed by atoms with Gasteiger partial charge in [0.15, 0.2) is 0 Å². The Labute approximate surface area is 119 Å². The summed E-state index contributed by atoms with van der Waals surface area (Å²) < 4.78 is 7.55. The van der Waals surface area contributed by atoms with Crippen LogP contribution in [0.1, 0.15) is 32.0 Å². The van der Waals surface area contributed by atoms with Crippen molar-refractivity contribution in [2.75, 3.05) is 0 Å². The Morgan fingerprint density at radius 3 is 2.55 bits per heavy atom. The van der Waals surface area contributed by atoms with Gasteiger partial charge in [0.1, 0.15) is 12.4 Å². The van der Waals surface area contributed by atoms with Gasteiger partial charge in [-0.3, -0.25) is 4.68 Å². The zero-order chi connectivity index (χ0) is 14.5. The first-order valence-corrected chi connectivity index (χ1v) is 6.73. The molecule has 0 amide bonds. The molecule has 1 unspecified atom stereocenters. The molecule has 0 aliphatic rings. The van der Waals surface area contributed by atoms with Gasteiger partial charge in [0.2, 0.25) is 0 Å². The first-order valence-electron chi connectivity index (χ1n) is 6.73. The van der Waals surface area contributed by atoms with E-state index in [1.807, 2.05) is 16.9 Å². The third-order valence-corrected chi connectivity index (χ3v) is 3.27. The fourth-order valence-electron chi connectivity index (χ4n) is 1.78. The molecule has 2 rings (SSSR count). The molecular formula is C14H19BN2O3. The molecule has 20 heavy (non-hydrogen) atoms. The Balaban J connectivity index is 1.93. The fourth-order valence-corrected chi connectivity index (χ4v) is 1.78. The van der Waals surface area contributed by atoms with E-state index in [0.717, 1.165) is 12.1 Å². The number of benzene rings is 1. The number of aromatic nitrogens is 2. The van der Waals surface area contributed by atoms with Crippen LogP contribution in [0.4, 0.5) is 0 Å². The molecule has 0 aliphatic carbocycles. The van der Waals surface area contributed by atoms with Gasteiger partial charge < -0.3 is 14.8 Å². The first kappa shape index (κ1) is 14.6. The minimum Gasteiger partial charge on any atom is -0.487 e. The van der Waals surface area contributed by atoms with Crippen LogP contribution in [0.5, 0.6) is 5.75 Å². The minimum atomic E-state index is -1.45. The Hall–Kier alpha value is -1.79. The van der Waals surface area contributed by atoms with Crippen molar-refractivity contribution in [1.82, 2.24) is 9.78 Å². The second-order valence-electron chi connectivity index (χ2n) is 4.78. The number of nitrogens with zero attached hydrogens (tertiary/aromatic N) is 2. The van der Waals surface area contributed by atoms with Crippen molar-refractivity contribution in [3.8, 4) is 5.75 Å².